The van der Waals surface area contributed by atoms with Crippen LogP contribution in [0, 0.1) is 0 Å². The van der Waals surface area contributed by atoms with Gasteiger partial charge in [-0.3, -0.25) is 14.6 Å². The molecular formula is C26H33N3O3S. The molecule has 4 rings (SSSR count). The zero-order valence-corrected chi connectivity index (χ0v) is 20.4. The summed E-state index contributed by atoms with van der Waals surface area (Å²) in [4.78, 5) is 22.5. The molecule has 1 saturated heterocycles. The van der Waals surface area contributed by atoms with Crippen LogP contribution >= 0.6 is 11.3 Å². The van der Waals surface area contributed by atoms with Crippen LogP contribution in [0.1, 0.15) is 31.4 Å². The highest BCUT2D eigenvalue weighted by atomic mass is 32.1. The smallest absolute Gasteiger partial charge is 0.233 e. The lowest BCUT2D eigenvalue weighted by Crippen LogP contribution is -2.39. The number of aromatic nitrogens is 1. The molecule has 7 heteroatoms. The van der Waals surface area contributed by atoms with Crippen molar-refractivity contribution in [2.45, 2.75) is 33.1 Å². The Bertz CT molecular complexity index is 1040. The molecule has 0 N–H and O–H groups in total. The third-order valence-corrected chi connectivity index (χ3v) is 6.97. The second-order valence-electron chi connectivity index (χ2n) is 8.26. The number of thiazole rings is 1. The van der Waals surface area contributed by atoms with Crippen molar-refractivity contribution >= 4 is 32.6 Å². The second kappa shape index (κ2) is 11.6. The van der Waals surface area contributed by atoms with E-state index in [2.05, 4.69) is 30.0 Å². The number of amides is 1. The Morgan fingerprint density at radius 1 is 1.12 bits per heavy atom. The quantitative estimate of drug-likeness (QED) is 0.438. The number of carbonyl (C=O) groups excluding carboxylic acids is 1. The summed E-state index contributed by atoms with van der Waals surface area (Å²) in [6.45, 7) is 9.87. The average molecular weight is 468 g/mol. The summed E-state index contributed by atoms with van der Waals surface area (Å²) in [7, 11) is 0. The van der Waals surface area contributed by atoms with E-state index in [-0.39, 0.29) is 5.91 Å². The van der Waals surface area contributed by atoms with Gasteiger partial charge in [0.15, 0.2) is 5.13 Å². The fourth-order valence-electron chi connectivity index (χ4n) is 4.04. The molecule has 0 aliphatic carbocycles. The lowest BCUT2D eigenvalue weighted by molar-refractivity contribution is -0.118. The topological polar surface area (TPSA) is 54.9 Å². The number of nitrogens with zero attached hydrogens (tertiary/aromatic N) is 3. The molecule has 2 heterocycles. The normalized spacial score (nSPS) is 14.5. The van der Waals surface area contributed by atoms with Crippen LogP contribution in [0.15, 0.2) is 42.5 Å². The summed E-state index contributed by atoms with van der Waals surface area (Å²) in [6, 6.07) is 14.2. The maximum absolute atomic E-state index is 13.4. The molecule has 33 heavy (non-hydrogen) atoms. The standard InChI is InChI=1S/C26H33N3O3S/c1-3-20-8-11-23-24(18-20)33-26(27-23)29(13-5-12-28-14-16-31-17-15-28)25(30)19-21-6-9-22(10-7-21)32-4-2/h6-11,18H,3-5,12-17,19H2,1-2H3. The molecule has 0 unspecified atom stereocenters. The van der Waals surface area contributed by atoms with Crippen molar-refractivity contribution in [1.82, 2.24) is 9.88 Å². The Hall–Kier alpha value is -2.48. The molecule has 1 amide bonds. The summed E-state index contributed by atoms with van der Waals surface area (Å²) in [5, 5.41) is 0.788. The van der Waals surface area contributed by atoms with Crippen molar-refractivity contribution in [3.63, 3.8) is 0 Å². The minimum Gasteiger partial charge on any atom is -0.494 e. The van der Waals surface area contributed by atoms with Gasteiger partial charge in [0.25, 0.3) is 0 Å². The fourth-order valence-corrected chi connectivity index (χ4v) is 5.11. The van der Waals surface area contributed by atoms with E-state index in [0.717, 1.165) is 72.4 Å². The Morgan fingerprint density at radius 2 is 1.88 bits per heavy atom. The van der Waals surface area contributed by atoms with Crippen molar-refractivity contribution in [2.24, 2.45) is 0 Å². The third kappa shape index (κ3) is 6.31. The number of anilines is 1. The molecule has 6 nitrogen and oxygen atoms in total. The van der Waals surface area contributed by atoms with Crippen LogP contribution in [0.5, 0.6) is 5.75 Å². The Labute approximate surface area is 200 Å². The molecule has 176 valence electrons. The highest BCUT2D eigenvalue weighted by Gasteiger charge is 2.21. The first kappa shape index (κ1) is 23.7. The Balaban J connectivity index is 1.50. The van der Waals surface area contributed by atoms with E-state index in [4.69, 9.17) is 14.5 Å². The van der Waals surface area contributed by atoms with Crippen LogP contribution in [-0.4, -0.2) is 61.8 Å². The van der Waals surface area contributed by atoms with Gasteiger partial charge < -0.3 is 9.47 Å². The number of hydrogen-bond acceptors (Lipinski definition) is 6. The predicted molar refractivity (Wildman–Crippen MR) is 135 cm³/mol. The molecule has 0 bridgehead atoms. The van der Waals surface area contributed by atoms with Crippen molar-refractivity contribution in [3.05, 3.63) is 53.6 Å². The van der Waals surface area contributed by atoms with Crippen molar-refractivity contribution < 1.29 is 14.3 Å². The maximum Gasteiger partial charge on any atom is 0.233 e. The zero-order chi connectivity index (χ0) is 23.0. The predicted octanol–water partition coefficient (Wildman–Crippen LogP) is 4.56. The van der Waals surface area contributed by atoms with Crippen molar-refractivity contribution in [3.8, 4) is 5.75 Å². The van der Waals surface area contributed by atoms with E-state index in [1.807, 2.05) is 36.1 Å². The number of rotatable bonds is 10. The van der Waals surface area contributed by atoms with Crippen LogP contribution < -0.4 is 9.64 Å². The van der Waals surface area contributed by atoms with Gasteiger partial charge in [-0.1, -0.05) is 36.5 Å². The maximum atomic E-state index is 13.4. The number of fused-ring (bicyclic) bond motifs is 1. The molecule has 0 saturated carbocycles. The van der Waals surface area contributed by atoms with Crippen LogP contribution in [0.3, 0.4) is 0 Å². The number of morpholine rings is 1. The van der Waals surface area contributed by atoms with E-state index in [0.29, 0.717) is 19.6 Å². The molecule has 0 spiro atoms. The first-order chi connectivity index (χ1) is 16.2. The first-order valence-corrected chi connectivity index (χ1v) is 12.7. The SMILES string of the molecule is CCOc1ccc(CC(=O)N(CCCN2CCOCC2)c2nc3ccc(CC)cc3s2)cc1. The van der Waals surface area contributed by atoms with E-state index in [9.17, 15) is 4.79 Å². The van der Waals surface area contributed by atoms with Crippen molar-refractivity contribution in [2.75, 3.05) is 50.9 Å². The lowest BCUT2D eigenvalue weighted by atomic mass is 10.1. The summed E-state index contributed by atoms with van der Waals surface area (Å²) in [6.07, 6.45) is 2.24. The monoisotopic (exact) mass is 467 g/mol. The zero-order valence-electron chi connectivity index (χ0n) is 19.6. The molecule has 1 aromatic heterocycles. The number of ether oxygens (including phenoxy) is 2. The molecule has 1 aliphatic heterocycles. The molecule has 1 fully saturated rings. The summed E-state index contributed by atoms with van der Waals surface area (Å²) in [5.74, 6) is 0.907. The first-order valence-electron chi connectivity index (χ1n) is 11.9. The van der Waals surface area contributed by atoms with Gasteiger partial charge in [-0.15, -0.1) is 0 Å². The minimum absolute atomic E-state index is 0.0795. The van der Waals surface area contributed by atoms with Crippen molar-refractivity contribution in [1.29, 1.82) is 0 Å². The van der Waals surface area contributed by atoms with Crippen LogP contribution in [-0.2, 0) is 22.4 Å². The van der Waals surface area contributed by atoms with Gasteiger partial charge in [0, 0.05) is 26.2 Å². The number of aryl methyl sites for hydroxylation is 1. The fraction of sp³-hybridized carbons (Fsp3) is 0.462. The van der Waals surface area contributed by atoms with E-state index < -0.39 is 0 Å². The van der Waals surface area contributed by atoms with Gasteiger partial charge in [-0.05, 0) is 55.2 Å². The molecule has 0 radical (unpaired) electrons. The van der Waals surface area contributed by atoms with Crippen LogP contribution in [0.2, 0.25) is 0 Å². The van der Waals surface area contributed by atoms with Gasteiger partial charge in [-0.2, -0.15) is 0 Å². The molecule has 1 aliphatic rings. The molecule has 0 atom stereocenters. The van der Waals surface area contributed by atoms with Gasteiger partial charge in [0.1, 0.15) is 5.75 Å². The van der Waals surface area contributed by atoms with Crippen LogP contribution in [0.4, 0.5) is 5.13 Å². The summed E-state index contributed by atoms with van der Waals surface area (Å²) < 4.78 is 12.1. The van der Waals surface area contributed by atoms with Crippen LogP contribution in [0.25, 0.3) is 10.2 Å². The van der Waals surface area contributed by atoms with Gasteiger partial charge in [0.2, 0.25) is 5.91 Å². The minimum atomic E-state index is 0.0795. The van der Waals surface area contributed by atoms with Gasteiger partial charge >= 0.3 is 0 Å². The number of hydrogen-bond donors (Lipinski definition) is 0. The summed E-state index contributed by atoms with van der Waals surface area (Å²) >= 11 is 1.61. The molecular weight excluding hydrogens is 434 g/mol. The second-order valence-corrected chi connectivity index (χ2v) is 9.27. The van der Waals surface area contributed by atoms with E-state index >= 15 is 0 Å². The highest BCUT2D eigenvalue weighted by molar-refractivity contribution is 7.22. The summed E-state index contributed by atoms with van der Waals surface area (Å²) in [5.41, 5.74) is 3.23. The van der Waals surface area contributed by atoms with Gasteiger partial charge in [-0.25, -0.2) is 4.98 Å². The molecule has 2 aromatic carbocycles. The number of carbonyl (C=O) groups is 1. The highest BCUT2D eigenvalue weighted by Crippen LogP contribution is 2.30. The number of benzene rings is 2. The Morgan fingerprint density at radius 3 is 2.61 bits per heavy atom. The van der Waals surface area contributed by atoms with E-state index in [1.165, 1.54) is 5.56 Å². The Kier molecular flexibility index (Phi) is 8.31. The lowest BCUT2D eigenvalue weighted by Gasteiger charge is -2.27. The van der Waals surface area contributed by atoms with Gasteiger partial charge in [0.05, 0.1) is 36.5 Å². The average Bonchev–Trinajstić information content (AvgIpc) is 3.26. The third-order valence-electron chi connectivity index (χ3n) is 5.93. The molecule has 3 aromatic rings. The van der Waals surface area contributed by atoms with E-state index in [1.54, 1.807) is 11.3 Å². The largest absolute Gasteiger partial charge is 0.494 e.